The van der Waals surface area contributed by atoms with E-state index < -0.39 is 0 Å². The van der Waals surface area contributed by atoms with Crippen LogP contribution in [0.5, 0.6) is 0 Å². The number of hydrogen-bond donors (Lipinski definition) is 0. The van der Waals surface area contributed by atoms with E-state index in [2.05, 4.69) is 169 Å². The molecule has 3 aromatic carbocycles. The zero-order valence-electron chi connectivity index (χ0n) is 28.1. The molecular formula is C38H38N8S. The molecule has 8 aromatic rings. The van der Waals surface area contributed by atoms with E-state index in [1.165, 1.54) is 67.7 Å². The lowest BCUT2D eigenvalue weighted by molar-refractivity contribution is 0.976. The minimum absolute atomic E-state index is 0.935. The average molecular weight is 639 g/mol. The molecule has 0 saturated heterocycles. The van der Waals surface area contributed by atoms with Gasteiger partial charge in [0.05, 0.1) is 56.6 Å². The Bertz CT molecular complexity index is 2270. The number of benzene rings is 3. The molecule has 5 aromatic heterocycles. The van der Waals surface area contributed by atoms with Crippen LogP contribution in [0.4, 0.5) is 11.4 Å². The van der Waals surface area contributed by atoms with Gasteiger partial charge in [0.25, 0.3) is 0 Å². The van der Waals surface area contributed by atoms with Crippen molar-refractivity contribution in [3.05, 3.63) is 84.9 Å². The first-order valence-corrected chi connectivity index (χ1v) is 16.5. The van der Waals surface area contributed by atoms with Gasteiger partial charge in [-0.1, -0.05) is 24.3 Å². The molecule has 236 valence electrons. The topological polar surface area (TPSA) is 52.0 Å². The number of nitrogens with zero attached hydrogens (tertiary/aromatic N) is 8. The molecule has 0 spiro atoms. The van der Waals surface area contributed by atoms with E-state index in [0.717, 1.165) is 33.5 Å². The maximum absolute atomic E-state index is 4.84. The number of fused-ring (bicyclic) bond motifs is 3. The quantitative estimate of drug-likeness (QED) is 0.185. The van der Waals surface area contributed by atoms with Crippen LogP contribution in [0, 0.1) is 0 Å². The molecular weight excluding hydrogens is 601 g/mol. The van der Waals surface area contributed by atoms with E-state index in [-0.39, 0.29) is 0 Å². The Kier molecular flexibility index (Phi) is 6.59. The van der Waals surface area contributed by atoms with Gasteiger partial charge in [-0.05, 0) is 71.8 Å². The lowest BCUT2D eigenvalue weighted by atomic mass is 10.0. The Morgan fingerprint density at radius 1 is 0.447 bits per heavy atom. The van der Waals surface area contributed by atoms with E-state index in [0.29, 0.717) is 0 Å². The van der Waals surface area contributed by atoms with Crippen molar-refractivity contribution in [2.45, 2.75) is 0 Å². The van der Waals surface area contributed by atoms with Gasteiger partial charge in [0, 0.05) is 78.9 Å². The molecule has 0 N–H and O–H groups in total. The zero-order chi connectivity index (χ0) is 32.7. The predicted molar refractivity (Wildman–Crippen MR) is 199 cm³/mol. The summed E-state index contributed by atoms with van der Waals surface area (Å²) in [6.45, 7) is 0. The van der Waals surface area contributed by atoms with Gasteiger partial charge in [0.2, 0.25) is 0 Å². The third-order valence-corrected chi connectivity index (χ3v) is 10.4. The molecule has 8 nitrogen and oxygen atoms in total. The van der Waals surface area contributed by atoms with E-state index >= 15 is 0 Å². The summed E-state index contributed by atoms with van der Waals surface area (Å²) in [5.74, 6) is 0. The average Bonchev–Trinajstić information content (AvgIpc) is 3.88. The Balaban J connectivity index is 1.18. The maximum Gasteiger partial charge on any atom is 0.114 e. The number of aromatic nitrogens is 6. The summed E-state index contributed by atoms with van der Waals surface area (Å²) in [4.78, 5) is 4.25. The van der Waals surface area contributed by atoms with Crippen LogP contribution in [-0.2, 0) is 28.2 Å². The van der Waals surface area contributed by atoms with Gasteiger partial charge in [-0.3, -0.25) is 0 Å². The van der Waals surface area contributed by atoms with E-state index in [1.54, 1.807) is 0 Å². The van der Waals surface area contributed by atoms with Crippen molar-refractivity contribution in [3.8, 4) is 45.0 Å². The summed E-state index contributed by atoms with van der Waals surface area (Å²) >= 11 is 1.28. The Morgan fingerprint density at radius 2 is 0.766 bits per heavy atom. The van der Waals surface area contributed by atoms with Crippen molar-refractivity contribution in [1.82, 2.24) is 27.0 Å². The van der Waals surface area contributed by atoms with Crippen LogP contribution >= 0.6 is 11.7 Å². The molecule has 5 heterocycles. The van der Waals surface area contributed by atoms with Crippen LogP contribution in [0.1, 0.15) is 0 Å². The van der Waals surface area contributed by atoms with Crippen molar-refractivity contribution >= 4 is 56.2 Å². The molecule has 0 bridgehead atoms. The van der Waals surface area contributed by atoms with Crippen LogP contribution < -0.4 is 9.80 Å². The third-order valence-electron chi connectivity index (χ3n) is 9.84. The van der Waals surface area contributed by atoms with Gasteiger partial charge in [0.1, 0.15) is 11.0 Å². The Hall–Kier alpha value is -5.28. The van der Waals surface area contributed by atoms with Crippen molar-refractivity contribution in [1.29, 1.82) is 0 Å². The normalized spacial score (nSPS) is 11.8. The molecule has 47 heavy (non-hydrogen) atoms. The van der Waals surface area contributed by atoms with E-state index in [1.807, 2.05) is 0 Å². The van der Waals surface area contributed by atoms with Crippen LogP contribution in [-0.4, -0.2) is 55.2 Å². The molecule has 0 unspecified atom stereocenters. The van der Waals surface area contributed by atoms with Gasteiger partial charge >= 0.3 is 0 Å². The first-order chi connectivity index (χ1) is 22.6. The summed E-state index contributed by atoms with van der Waals surface area (Å²) in [6, 6.07) is 31.0. The summed E-state index contributed by atoms with van der Waals surface area (Å²) in [6.07, 6.45) is 0. The van der Waals surface area contributed by atoms with Crippen molar-refractivity contribution in [3.63, 3.8) is 0 Å². The lowest BCUT2D eigenvalue weighted by Crippen LogP contribution is -2.08. The van der Waals surface area contributed by atoms with Crippen molar-refractivity contribution in [2.75, 3.05) is 38.0 Å². The second-order valence-corrected chi connectivity index (χ2v) is 13.4. The molecule has 0 aliphatic carbocycles. The SMILES string of the molecule is CN(C)c1ccc(-c2cc3c(cc(-c4ccc(-c5cc6c(cc(-c7ccc(N(C)C)cc7)n6C)n5C)c5nsnc45)n3C)n2C)cc1. The monoisotopic (exact) mass is 638 g/mol. The summed E-state index contributed by atoms with van der Waals surface area (Å²) in [7, 11) is 16.9. The second-order valence-electron chi connectivity index (χ2n) is 12.9. The highest BCUT2D eigenvalue weighted by Gasteiger charge is 2.22. The van der Waals surface area contributed by atoms with E-state index in [4.69, 9.17) is 8.75 Å². The minimum atomic E-state index is 0.935. The molecule has 8 rings (SSSR count). The van der Waals surface area contributed by atoms with Gasteiger partial charge in [-0.2, -0.15) is 8.75 Å². The second kappa shape index (κ2) is 10.6. The lowest BCUT2D eigenvalue weighted by Gasteiger charge is -2.13. The molecule has 0 radical (unpaired) electrons. The van der Waals surface area contributed by atoms with Gasteiger partial charge < -0.3 is 28.1 Å². The number of aryl methyl sites for hydroxylation is 4. The summed E-state index contributed by atoms with van der Waals surface area (Å²) in [5.41, 5.74) is 18.3. The third kappa shape index (κ3) is 4.41. The zero-order valence-corrected chi connectivity index (χ0v) is 28.9. The Labute approximate surface area is 278 Å². The van der Waals surface area contributed by atoms with E-state index in [9.17, 15) is 0 Å². The van der Waals surface area contributed by atoms with Crippen LogP contribution in [0.15, 0.2) is 84.9 Å². The molecule has 0 amide bonds. The predicted octanol–water partition coefficient (Wildman–Crippen LogP) is 8.15. The molecule has 0 aliphatic heterocycles. The molecule has 0 saturated carbocycles. The minimum Gasteiger partial charge on any atom is -0.378 e. The van der Waals surface area contributed by atoms with Gasteiger partial charge in [0.15, 0.2) is 0 Å². The van der Waals surface area contributed by atoms with Crippen molar-refractivity contribution in [2.24, 2.45) is 28.2 Å². The smallest absolute Gasteiger partial charge is 0.114 e. The summed E-state index contributed by atoms with van der Waals surface area (Å²) < 4.78 is 18.8. The highest BCUT2D eigenvalue weighted by atomic mass is 32.1. The van der Waals surface area contributed by atoms with Crippen LogP contribution in [0.2, 0.25) is 0 Å². The highest BCUT2D eigenvalue weighted by Crippen LogP contribution is 2.40. The standard InChI is InChI=1S/C38H38N8S/c1-41(2)25-13-9-23(10-14-25)29-19-33-35(43(29)5)21-31(45(33)7)27-17-18-28(38-37(27)39-47-40-38)32-22-36-34(46(32)8)20-30(44(36)6)24-11-15-26(16-12-24)42(3)4/h9-22H,1-8H3. The molecule has 0 fully saturated rings. The number of anilines is 2. The van der Waals surface area contributed by atoms with Crippen LogP contribution in [0.25, 0.3) is 78.1 Å². The fourth-order valence-electron chi connectivity index (χ4n) is 7.01. The van der Waals surface area contributed by atoms with Gasteiger partial charge in [-0.25, -0.2) is 0 Å². The van der Waals surface area contributed by atoms with Gasteiger partial charge in [-0.15, -0.1) is 0 Å². The number of rotatable bonds is 6. The Morgan fingerprint density at radius 3 is 1.11 bits per heavy atom. The molecule has 0 aliphatic rings. The first kappa shape index (κ1) is 29.1. The first-order valence-electron chi connectivity index (χ1n) is 15.7. The fraction of sp³-hybridized carbons (Fsp3) is 0.211. The van der Waals surface area contributed by atoms with Crippen LogP contribution in [0.3, 0.4) is 0 Å². The summed E-state index contributed by atoms with van der Waals surface area (Å²) in [5, 5.41) is 0. The van der Waals surface area contributed by atoms with Crippen molar-refractivity contribution < 1.29 is 0 Å². The molecule has 0 atom stereocenters. The molecule has 9 heteroatoms. The highest BCUT2D eigenvalue weighted by molar-refractivity contribution is 7.00. The fourth-order valence-corrected chi connectivity index (χ4v) is 7.58. The maximum atomic E-state index is 4.84. The largest absolute Gasteiger partial charge is 0.378 e. The number of hydrogen-bond acceptors (Lipinski definition) is 5.